The molecule has 1 aliphatic rings. The number of nitrogens with zero attached hydrogens (tertiary/aromatic N) is 1. The van der Waals surface area contributed by atoms with Crippen LogP contribution in [0.1, 0.15) is 25.8 Å². The van der Waals surface area contributed by atoms with Crippen LogP contribution in [0.2, 0.25) is 0 Å². The SMILES string of the molecule is COCCN(C(=O)C=C(C)C)C1CC(C(=O)NCCO)=CC(Oc2c(I)cc(CO)cc2OC)C1O. The molecule has 0 fully saturated rings. The van der Waals surface area contributed by atoms with Gasteiger partial charge in [0.1, 0.15) is 12.2 Å². The topological polar surface area (TPSA) is 138 Å². The van der Waals surface area contributed by atoms with E-state index in [-0.39, 0.29) is 45.2 Å². The molecule has 0 radical (unpaired) electrons. The average molecular weight is 618 g/mol. The predicted molar refractivity (Wildman–Crippen MR) is 142 cm³/mol. The van der Waals surface area contributed by atoms with Gasteiger partial charge in [0, 0.05) is 38.3 Å². The normalized spacial score (nSPS) is 19.2. The Balaban J connectivity index is 2.52. The van der Waals surface area contributed by atoms with Crippen molar-refractivity contribution in [1.82, 2.24) is 10.2 Å². The van der Waals surface area contributed by atoms with Gasteiger partial charge in [0.05, 0.1) is 36.5 Å². The van der Waals surface area contributed by atoms with Gasteiger partial charge in [-0.1, -0.05) is 5.57 Å². The number of methoxy groups -OCH3 is 2. The molecule has 0 bridgehead atoms. The monoisotopic (exact) mass is 618 g/mol. The first-order valence-corrected chi connectivity index (χ1v) is 12.6. The van der Waals surface area contributed by atoms with Crippen molar-refractivity contribution in [2.75, 3.05) is 40.5 Å². The molecule has 3 atom stereocenters. The highest BCUT2D eigenvalue weighted by molar-refractivity contribution is 14.1. The molecule has 0 saturated heterocycles. The zero-order valence-electron chi connectivity index (χ0n) is 21.0. The summed E-state index contributed by atoms with van der Waals surface area (Å²) >= 11 is 2.04. The third kappa shape index (κ3) is 7.90. The fourth-order valence-corrected chi connectivity index (χ4v) is 4.65. The highest BCUT2D eigenvalue weighted by Crippen LogP contribution is 2.37. The molecule has 0 saturated carbocycles. The number of carbonyl (C=O) groups is 2. The number of allylic oxidation sites excluding steroid dienone is 1. The Morgan fingerprint density at radius 1 is 1.25 bits per heavy atom. The molecule has 11 heteroatoms. The van der Waals surface area contributed by atoms with Gasteiger partial charge in [0.15, 0.2) is 11.5 Å². The van der Waals surface area contributed by atoms with Crippen LogP contribution in [0.5, 0.6) is 11.5 Å². The van der Waals surface area contributed by atoms with Crippen molar-refractivity contribution in [1.29, 1.82) is 0 Å². The number of hydrogen-bond acceptors (Lipinski definition) is 8. The van der Waals surface area contributed by atoms with Crippen LogP contribution < -0.4 is 14.8 Å². The van der Waals surface area contributed by atoms with Crippen molar-refractivity contribution in [3.63, 3.8) is 0 Å². The summed E-state index contributed by atoms with van der Waals surface area (Å²) in [6.07, 6.45) is 0.918. The molecule has 2 rings (SSSR count). The van der Waals surface area contributed by atoms with E-state index < -0.39 is 24.2 Å². The lowest BCUT2D eigenvalue weighted by molar-refractivity contribution is -0.134. The van der Waals surface area contributed by atoms with Gasteiger partial charge in [-0.3, -0.25) is 9.59 Å². The number of amides is 2. The van der Waals surface area contributed by atoms with E-state index in [1.165, 1.54) is 31.3 Å². The van der Waals surface area contributed by atoms with Gasteiger partial charge in [-0.05, 0) is 60.2 Å². The van der Waals surface area contributed by atoms with Gasteiger partial charge >= 0.3 is 0 Å². The molecule has 0 aromatic heterocycles. The van der Waals surface area contributed by atoms with Crippen LogP contribution in [0, 0.1) is 3.57 Å². The maximum atomic E-state index is 13.1. The summed E-state index contributed by atoms with van der Waals surface area (Å²) in [4.78, 5) is 27.4. The maximum Gasteiger partial charge on any atom is 0.247 e. The van der Waals surface area contributed by atoms with Gasteiger partial charge < -0.3 is 39.7 Å². The number of benzene rings is 1. The van der Waals surface area contributed by atoms with Crippen LogP contribution in [0.4, 0.5) is 0 Å². The van der Waals surface area contributed by atoms with Gasteiger partial charge in [-0.2, -0.15) is 0 Å². The Labute approximate surface area is 225 Å². The second kappa shape index (κ2) is 14.5. The van der Waals surface area contributed by atoms with Crippen molar-refractivity contribution in [3.05, 3.63) is 44.6 Å². The molecular weight excluding hydrogens is 583 g/mol. The summed E-state index contributed by atoms with van der Waals surface area (Å²) in [7, 11) is 2.98. The predicted octanol–water partition coefficient (Wildman–Crippen LogP) is 1.15. The first kappa shape index (κ1) is 30.0. The van der Waals surface area contributed by atoms with Crippen LogP contribution in [0.3, 0.4) is 0 Å². The van der Waals surface area contributed by atoms with Crippen molar-refractivity contribution in [2.24, 2.45) is 0 Å². The van der Waals surface area contributed by atoms with Crippen molar-refractivity contribution in [2.45, 2.75) is 45.1 Å². The number of nitrogens with one attached hydrogen (secondary N) is 1. The summed E-state index contributed by atoms with van der Waals surface area (Å²) in [5.74, 6) is -0.0400. The highest BCUT2D eigenvalue weighted by atomic mass is 127. The molecule has 36 heavy (non-hydrogen) atoms. The largest absolute Gasteiger partial charge is 0.493 e. The van der Waals surface area contributed by atoms with Crippen LogP contribution in [-0.2, 0) is 20.9 Å². The third-order valence-corrected chi connectivity index (χ3v) is 6.37. The third-order valence-electron chi connectivity index (χ3n) is 5.57. The number of aliphatic hydroxyl groups is 3. The lowest BCUT2D eigenvalue weighted by Crippen LogP contribution is -2.55. The van der Waals surface area contributed by atoms with Gasteiger partial charge in [-0.25, -0.2) is 0 Å². The lowest BCUT2D eigenvalue weighted by Gasteiger charge is -2.40. The van der Waals surface area contributed by atoms with E-state index in [1.54, 1.807) is 26.0 Å². The molecule has 4 N–H and O–H groups in total. The van der Waals surface area contributed by atoms with E-state index in [4.69, 9.17) is 19.3 Å². The Hall–Kier alpha value is -2.19. The number of ether oxygens (including phenoxy) is 3. The van der Waals surface area contributed by atoms with Crippen LogP contribution in [-0.4, -0.2) is 90.8 Å². The second-order valence-electron chi connectivity index (χ2n) is 8.53. The summed E-state index contributed by atoms with van der Waals surface area (Å²) in [6, 6.07) is 2.58. The zero-order chi connectivity index (χ0) is 26.8. The van der Waals surface area contributed by atoms with Crippen LogP contribution in [0.15, 0.2) is 35.4 Å². The molecule has 1 aliphatic carbocycles. The van der Waals surface area contributed by atoms with E-state index in [2.05, 4.69) is 5.32 Å². The van der Waals surface area contributed by atoms with E-state index in [0.29, 0.717) is 26.2 Å². The van der Waals surface area contributed by atoms with E-state index in [9.17, 15) is 19.8 Å². The van der Waals surface area contributed by atoms with E-state index >= 15 is 0 Å². The quantitative estimate of drug-likeness (QED) is 0.202. The molecule has 0 heterocycles. The maximum absolute atomic E-state index is 13.1. The fraction of sp³-hybridized carbons (Fsp3) is 0.520. The second-order valence-corrected chi connectivity index (χ2v) is 9.69. The molecule has 200 valence electrons. The van der Waals surface area contributed by atoms with Gasteiger partial charge in [0.25, 0.3) is 0 Å². The number of hydrogen-bond donors (Lipinski definition) is 4. The zero-order valence-corrected chi connectivity index (χ0v) is 23.1. The summed E-state index contributed by atoms with van der Waals surface area (Å²) in [5.41, 5.74) is 1.74. The first-order valence-electron chi connectivity index (χ1n) is 11.5. The standard InChI is InChI=1S/C25H35IN2O8/c1-15(2)9-22(31)28(6-8-34-3)19-12-17(25(33)27-5-7-29)13-20(23(19)32)36-24-18(26)10-16(14-30)11-21(24)35-4/h9-11,13,19-20,23,29-30,32H,5-8,12,14H2,1-4H3,(H,27,33). The Kier molecular flexibility index (Phi) is 12.1. The Bertz CT molecular complexity index is 977. The van der Waals surface area contributed by atoms with Gasteiger partial charge in [0.2, 0.25) is 11.8 Å². The smallest absolute Gasteiger partial charge is 0.247 e. The molecule has 1 aromatic rings. The van der Waals surface area contributed by atoms with Crippen LogP contribution >= 0.6 is 22.6 Å². The number of halogens is 1. The Morgan fingerprint density at radius 2 is 1.97 bits per heavy atom. The summed E-state index contributed by atoms with van der Waals surface area (Å²) in [5, 5.41) is 32.7. The molecular formula is C25H35IN2O8. The van der Waals surface area contributed by atoms with Crippen molar-refractivity contribution in [3.8, 4) is 11.5 Å². The molecule has 3 unspecified atom stereocenters. The number of rotatable bonds is 12. The van der Waals surface area contributed by atoms with Crippen LogP contribution in [0.25, 0.3) is 0 Å². The summed E-state index contributed by atoms with van der Waals surface area (Å²) < 4.78 is 17.5. The molecule has 1 aromatic carbocycles. The fourth-order valence-electron chi connectivity index (χ4n) is 3.85. The molecule has 0 spiro atoms. The van der Waals surface area contributed by atoms with Gasteiger partial charge in [-0.15, -0.1) is 0 Å². The minimum atomic E-state index is -1.18. The van der Waals surface area contributed by atoms with Crippen molar-refractivity contribution < 1.29 is 39.1 Å². The number of aliphatic hydroxyl groups excluding tert-OH is 3. The molecule has 10 nitrogen and oxygen atoms in total. The van der Waals surface area contributed by atoms with Crippen molar-refractivity contribution >= 4 is 34.4 Å². The first-order chi connectivity index (χ1) is 17.2. The minimum Gasteiger partial charge on any atom is -0.493 e. The lowest BCUT2D eigenvalue weighted by atomic mass is 9.88. The van der Waals surface area contributed by atoms with E-state index in [1.807, 2.05) is 22.6 Å². The average Bonchev–Trinajstić information content (AvgIpc) is 2.84. The Morgan fingerprint density at radius 3 is 2.56 bits per heavy atom. The molecule has 0 aliphatic heterocycles. The minimum absolute atomic E-state index is 0.0628. The van der Waals surface area contributed by atoms with E-state index in [0.717, 1.165) is 5.57 Å². The molecule has 2 amide bonds. The summed E-state index contributed by atoms with van der Waals surface area (Å²) in [6.45, 7) is 3.69. The number of carbonyl (C=O) groups excluding carboxylic acids is 2. The highest BCUT2D eigenvalue weighted by Gasteiger charge is 2.40.